The van der Waals surface area contributed by atoms with Crippen LogP contribution in [-0.2, 0) is 0 Å². The van der Waals surface area contributed by atoms with Gasteiger partial charge in [0.25, 0.3) is 0 Å². The van der Waals surface area contributed by atoms with Gasteiger partial charge in [-0.25, -0.2) is 4.39 Å². The molecule has 0 aliphatic carbocycles. The van der Waals surface area contributed by atoms with Crippen LogP contribution in [0.2, 0.25) is 0 Å². The van der Waals surface area contributed by atoms with Gasteiger partial charge in [0, 0.05) is 12.2 Å². The Morgan fingerprint density at radius 3 is 2.77 bits per heavy atom. The molecule has 0 spiro atoms. The van der Waals surface area contributed by atoms with Crippen LogP contribution in [0.25, 0.3) is 0 Å². The van der Waals surface area contributed by atoms with Crippen molar-refractivity contribution < 1.29 is 4.39 Å². The highest BCUT2D eigenvalue weighted by molar-refractivity contribution is 5.57. The minimum Gasteiger partial charge on any atom is -0.398 e. The van der Waals surface area contributed by atoms with Gasteiger partial charge in [-0.05, 0) is 31.0 Å². The molecule has 72 valence electrons. The molecule has 3 N–H and O–H groups in total. The number of nitrogen functional groups attached to an aromatic ring is 1. The summed E-state index contributed by atoms with van der Waals surface area (Å²) in [5.74, 6) is -0.281. The third-order valence-corrected chi connectivity index (χ3v) is 1.92. The Labute approximate surface area is 77.9 Å². The zero-order chi connectivity index (χ0) is 9.84. The number of rotatable bonds is 3. The number of hydrogen-bond acceptors (Lipinski definition) is 2. The summed E-state index contributed by atoms with van der Waals surface area (Å²) in [5, 5.41) is 3.00. The van der Waals surface area contributed by atoms with Crippen LogP contribution in [0, 0.1) is 12.7 Å². The molecule has 1 rings (SSSR count). The van der Waals surface area contributed by atoms with Crippen molar-refractivity contribution in [2.45, 2.75) is 20.3 Å². The molecule has 0 aromatic heterocycles. The average molecular weight is 182 g/mol. The lowest BCUT2D eigenvalue weighted by Crippen LogP contribution is -2.03. The molecule has 0 saturated heterocycles. The second kappa shape index (κ2) is 4.12. The molecule has 1 aromatic rings. The van der Waals surface area contributed by atoms with E-state index in [2.05, 4.69) is 5.32 Å². The third-order valence-electron chi connectivity index (χ3n) is 1.92. The summed E-state index contributed by atoms with van der Waals surface area (Å²) in [6.07, 6.45) is 0.975. The van der Waals surface area contributed by atoms with Crippen molar-refractivity contribution in [3.63, 3.8) is 0 Å². The topological polar surface area (TPSA) is 38.0 Å². The van der Waals surface area contributed by atoms with Crippen molar-refractivity contribution in [3.8, 4) is 0 Å². The Morgan fingerprint density at radius 2 is 2.15 bits per heavy atom. The van der Waals surface area contributed by atoms with E-state index >= 15 is 0 Å². The molecule has 1 aromatic carbocycles. The molecule has 0 saturated carbocycles. The van der Waals surface area contributed by atoms with Gasteiger partial charge in [0.05, 0.1) is 5.69 Å². The zero-order valence-corrected chi connectivity index (χ0v) is 8.02. The maximum absolute atomic E-state index is 13.2. The van der Waals surface area contributed by atoms with E-state index in [0.717, 1.165) is 18.5 Å². The number of anilines is 2. The molecular formula is C10H15FN2. The predicted octanol–water partition coefficient (Wildman–Crippen LogP) is 2.54. The largest absolute Gasteiger partial charge is 0.398 e. The van der Waals surface area contributed by atoms with E-state index < -0.39 is 0 Å². The standard InChI is InChI=1S/C10H15FN2/c1-3-4-13-10-5-7(2)9(12)6-8(10)11/h5-6,13H,3-4,12H2,1-2H3. The second-order valence-corrected chi connectivity index (χ2v) is 3.12. The fourth-order valence-electron chi connectivity index (χ4n) is 1.09. The number of nitrogens with one attached hydrogen (secondary N) is 1. The van der Waals surface area contributed by atoms with Gasteiger partial charge in [-0.3, -0.25) is 0 Å². The Morgan fingerprint density at radius 1 is 1.46 bits per heavy atom. The van der Waals surface area contributed by atoms with Crippen molar-refractivity contribution in [1.82, 2.24) is 0 Å². The fourth-order valence-corrected chi connectivity index (χ4v) is 1.09. The second-order valence-electron chi connectivity index (χ2n) is 3.12. The minimum atomic E-state index is -0.281. The third kappa shape index (κ3) is 2.34. The van der Waals surface area contributed by atoms with Gasteiger partial charge in [0.2, 0.25) is 0 Å². The van der Waals surface area contributed by atoms with Crippen LogP contribution in [0.5, 0.6) is 0 Å². The van der Waals surface area contributed by atoms with Gasteiger partial charge < -0.3 is 11.1 Å². The van der Waals surface area contributed by atoms with E-state index in [-0.39, 0.29) is 5.82 Å². The summed E-state index contributed by atoms with van der Waals surface area (Å²) in [4.78, 5) is 0. The number of halogens is 1. The molecule has 0 bridgehead atoms. The first-order valence-corrected chi connectivity index (χ1v) is 4.44. The lowest BCUT2D eigenvalue weighted by atomic mass is 10.1. The van der Waals surface area contributed by atoms with Gasteiger partial charge in [0.1, 0.15) is 5.82 Å². The van der Waals surface area contributed by atoms with Gasteiger partial charge in [-0.15, -0.1) is 0 Å². The van der Waals surface area contributed by atoms with Crippen LogP contribution in [-0.4, -0.2) is 6.54 Å². The first-order valence-electron chi connectivity index (χ1n) is 4.44. The highest BCUT2D eigenvalue weighted by Gasteiger charge is 2.03. The molecule has 13 heavy (non-hydrogen) atoms. The van der Waals surface area contributed by atoms with Crippen molar-refractivity contribution >= 4 is 11.4 Å². The van der Waals surface area contributed by atoms with Gasteiger partial charge in [-0.2, -0.15) is 0 Å². The van der Waals surface area contributed by atoms with Crippen LogP contribution in [0.15, 0.2) is 12.1 Å². The van der Waals surface area contributed by atoms with E-state index in [9.17, 15) is 4.39 Å². The molecule has 0 fully saturated rings. The molecule has 0 atom stereocenters. The zero-order valence-electron chi connectivity index (χ0n) is 8.02. The van der Waals surface area contributed by atoms with Crippen LogP contribution < -0.4 is 11.1 Å². The number of nitrogens with two attached hydrogens (primary N) is 1. The maximum Gasteiger partial charge on any atom is 0.148 e. The molecule has 0 heterocycles. The smallest absolute Gasteiger partial charge is 0.148 e. The van der Waals surface area contributed by atoms with Crippen LogP contribution in [0.3, 0.4) is 0 Å². The molecule has 0 unspecified atom stereocenters. The lowest BCUT2D eigenvalue weighted by molar-refractivity contribution is 0.630. The molecule has 0 aliphatic heterocycles. The first-order chi connectivity index (χ1) is 6.15. The molecule has 2 nitrogen and oxygen atoms in total. The summed E-state index contributed by atoms with van der Waals surface area (Å²) in [6, 6.07) is 3.09. The van der Waals surface area contributed by atoms with Crippen molar-refractivity contribution in [3.05, 3.63) is 23.5 Å². The quantitative estimate of drug-likeness (QED) is 0.705. The number of aryl methyl sites for hydroxylation is 1. The van der Waals surface area contributed by atoms with E-state index in [4.69, 9.17) is 5.73 Å². The number of hydrogen-bond donors (Lipinski definition) is 2. The van der Waals surface area contributed by atoms with Crippen LogP contribution in [0.4, 0.5) is 15.8 Å². The Bertz CT molecular complexity index is 297. The van der Waals surface area contributed by atoms with Gasteiger partial charge in [0.15, 0.2) is 0 Å². The molecule has 3 heteroatoms. The highest BCUT2D eigenvalue weighted by atomic mass is 19.1. The Kier molecular flexibility index (Phi) is 3.12. The van der Waals surface area contributed by atoms with E-state index in [1.165, 1.54) is 6.07 Å². The normalized spacial score (nSPS) is 10.1. The van der Waals surface area contributed by atoms with Gasteiger partial charge >= 0.3 is 0 Å². The maximum atomic E-state index is 13.2. The Hall–Kier alpha value is -1.25. The molecule has 0 amide bonds. The summed E-state index contributed by atoms with van der Waals surface area (Å²) >= 11 is 0. The number of benzene rings is 1. The summed E-state index contributed by atoms with van der Waals surface area (Å²) < 4.78 is 13.2. The van der Waals surface area contributed by atoms with Crippen LogP contribution >= 0.6 is 0 Å². The summed E-state index contributed by atoms with van der Waals surface area (Å²) in [7, 11) is 0. The van der Waals surface area contributed by atoms with E-state index in [0.29, 0.717) is 11.4 Å². The van der Waals surface area contributed by atoms with E-state index in [1.54, 1.807) is 6.07 Å². The lowest BCUT2D eigenvalue weighted by Gasteiger charge is -2.08. The van der Waals surface area contributed by atoms with Crippen molar-refractivity contribution in [2.24, 2.45) is 0 Å². The highest BCUT2D eigenvalue weighted by Crippen LogP contribution is 2.21. The monoisotopic (exact) mass is 182 g/mol. The molecular weight excluding hydrogens is 167 g/mol. The average Bonchev–Trinajstić information content (AvgIpc) is 2.09. The Balaban J connectivity index is 2.88. The molecule has 0 radical (unpaired) electrons. The van der Waals surface area contributed by atoms with Gasteiger partial charge in [-0.1, -0.05) is 6.92 Å². The summed E-state index contributed by atoms with van der Waals surface area (Å²) in [6.45, 7) is 4.68. The fraction of sp³-hybridized carbons (Fsp3) is 0.400. The van der Waals surface area contributed by atoms with Crippen molar-refractivity contribution in [2.75, 3.05) is 17.6 Å². The van der Waals surface area contributed by atoms with E-state index in [1.807, 2.05) is 13.8 Å². The van der Waals surface area contributed by atoms with Crippen LogP contribution in [0.1, 0.15) is 18.9 Å². The summed E-state index contributed by atoms with van der Waals surface area (Å²) in [5.41, 5.74) is 7.49. The predicted molar refractivity (Wildman–Crippen MR) is 54.3 cm³/mol. The molecule has 0 aliphatic rings. The first kappa shape index (κ1) is 9.84. The minimum absolute atomic E-state index is 0.281. The van der Waals surface area contributed by atoms with Crippen molar-refractivity contribution in [1.29, 1.82) is 0 Å². The SMILES string of the molecule is CCCNc1cc(C)c(N)cc1F.